The normalized spacial score (nSPS) is 15.1. The predicted molar refractivity (Wildman–Crippen MR) is 134 cm³/mol. The van der Waals surface area contributed by atoms with Crippen LogP contribution in [0.4, 0.5) is 5.69 Å². The minimum absolute atomic E-state index is 0.109. The van der Waals surface area contributed by atoms with Gasteiger partial charge < -0.3 is 4.74 Å². The molecule has 0 N–H and O–H groups in total. The lowest BCUT2D eigenvalue weighted by Gasteiger charge is -2.16. The number of carbonyl (C=O) groups excluding carboxylic acids is 1. The molecule has 3 aromatic carbocycles. The Morgan fingerprint density at radius 1 is 1.06 bits per heavy atom. The van der Waals surface area contributed by atoms with Gasteiger partial charge in [-0.05, 0) is 54.5 Å². The van der Waals surface area contributed by atoms with E-state index in [-0.39, 0.29) is 5.91 Å². The third kappa shape index (κ3) is 4.96. The maximum absolute atomic E-state index is 13.0. The van der Waals surface area contributed by atoms with Crippen LogP contribution in [0.2, 0.25) is 10.0 Å². The van der Waals surface area contributed by atoms with Gasteiger partial charge in [-0.3, -0.25) is 9.69 Å². The molecule has 0 aliphatic carbocycles. The fourth-order valence-corrected chi connectivity index (χ4v) is 4.85. The highest BCUT2D eigenvalue weighted by Gasteiger charge is 2.33. The molecule has 0 unspecified atom stereocenters. The Bertz CT molecular complexity index is 1190. The standard InChI is InChI=1S/C24H17Cl2NO2S2/c1-15-4-2-3-5-21(15)27-23(28)22(31-24(27)30)12-16-6-10-19(11-7-16)29-14-17-8-9-18(25)13-20(17)26/h2-13H,14H2,1H3/b22-12-. The van der Waals surface area contributed by atoms with Crippen molar-refractivity contribution in [3.8, 4) is 5.75 Å². The number of nitrogens with zero attached hydrogens (tertiary/aromatic N) is 1. The van der Waals surface area contributed by atoms with Crippen molar-refractivity contribution in [3.05, 3.63) is 98.4 Å². The zero-order valence-corrected chi connectivity index (χ0v) is 19.6. The molecular formula is C24H17Cl2NO2S2. The van der Waals surface area contributed by atoms with Crippen LogP contribution >= 0.6 is 47.2 Å². The molecule has 4 rings (SSSR count). The summed E-state index contributed by atoms with van der Waals surface area (Å²) in [6.07, 6.45) is 1.84. The summed E-state index contributed by atoms with van der Waals surface area (Å²) in [5, 5.41) is 1.16. The van der Waals surface area contributed by atoms with Gasteiger partial charge in [-0.25, -0.2) is 0 Å². The second-order valence-corrected chi connectivity index (χ2v) is 9.42. The molecule has 3 aromatic rings. The summed E-state index contributed by atoms with van der Waals surface area (Å²) in [4.78, 5) is 15.1. The Labute approximate surface area is 200 Å². The molecule has 7 heteroatoms. The molecule has 31 heavy (non-hydrogen) atoms. The number of thioether (sulfide) groups is 1. The second kappa shape index (κ2) is 9.45. The van der Waals surface area contributed by atoms with Crippen molar-refractivity contribution >= 4 is 69.2 Å². The summed E-state index contributed by atoms with van der Waals surface area (Å²) in [6, 6.07) is 20.6. The molecule has 0 bridgehead atoms. The predicted octanol–water partition coefficient (Wildman–Crippen LogP) is 7.29. The van der Waals surface area contributed by atoms with Crippen LogP contribution < -0.4 is 9.64 Å². The number of hydrogen-bond donors (Lipinski definition) is 0. The zero-order chi connectivity index (χ0) is 22.0. The Kier molecular flexibility index (Phi) is 6.68. The molecule has 156 valence electrons. The highest BCUT2D eigenvalue weighted by atomic mass is 35.5. The monoisotopic (exact) mass is 485 g/mol. The van der Waals surface area contributed by atoms with E-state index in [9.17, 15) is 4.79 Å². The van der Waals surface area contributed by atoms with Crippen LogP contribution in [0.25, 0.3) is 6.08 Å². The highest BCUT2D eigenvalue weighted by Crippen LogP contribution is 2.37. The van der Waals surface area contributed by atoms with Crippen molar-refractivity contribution < 1.29 is 9.53 Å². The number of anilines is 1. The van der Waals surface area contributed by atoms with Crippen LogP contribution in [-0.2, 0) is 11.4 Å². The third-order valence-corrected chi connectivity index (χ3v) is 6.63. The van der Waals surface area contributed by atoms with E-state index in [1.165, 1.54) is 11.8 Å². The number of thiocarbonyl (C=S) groups is 1. The van der Waals surface area contributed by atoms with Gasteiger partial charge in [0.1, 0.15) is 12.4 Å². The molecule has 1 saturated heterocycles. The number of hydrogen-bond acceptors (Lipinski definition) is 4. The lowest BCUT2D eigenvalue weighted by atomic mass is 10.1. The fourth-order valence-electron chi connectivity index (χ4n) is 3.10. The van der Waals surface area contributed by atoms with Crippen molar-refractivity contribution in [1.29, 1.82) is 0 Å². The van der Waals surface area contributed by atoms with Gasteiger partial charge in [0, 0.05) is 15.6 Å². The van der Waals surface area contributed by atoms with Crippen LogP contribution in [0, 0.1) is 6.92 Å². The summed E-state index contributed by atoms with van der Waals surface area (Å²) in [5.41, 5.74) is 3.57. The van der Waals surface area contributed by atoms with Gasteiger partial charge in [-0.1, -0.05) is 83.6 Å². The van der Waals surface area contributed by atoms with E-state index in [1.807, 2.05) is 67.6 Å². The summed E-state index contributed by atoms with van der Waals surface area (Å²) in [5.74, 6) is 0.595. The molecule has 1 amide bonds. The number of benzene rings is 3. The van der Waals surface area contributed by atoms with E-state index in [0.29, 0.717) is 31.6 Å². The lowest BCUT2D eigenvalue weighted by molar-refractivity contribution is -0.113. The molecule has 1 aliphatic rings. The summed E-state index contributed by atoms with van der Waals surface area (Å²) in [7, 11) is 0. The van der Waals surface area contributed by atoms with Crippen molar-refractivity contribution in [2.75, 3.05) is 4.90 Å². The van der Waals surface area contributed by atoms with Gasteiger partial charge in [0.15, 0.2) is 4.32 Å². The number of aryl methyl sites for hydroxylation is 1. The summed E-state index contributed by atoms with van der Waals surface area (Å²) in [6.45, 7) is 2.30. The van der Waals surface area contributed by atoms with Crippen LogP contribution in [0.15, 0.2) is 71.6 Å². The molecule has 1 heterocycles. The zero-order valence-electron chi connectivity index (χ0n) is 16.5. The number of carbonyl (C=O) groups is 1. The van der Waals surface area contributed by atoms with E-state index in [2.05, 4.69) is 0 Å². The van der Waals surface area contributed by atoms with Crippen LogP contribution in [0.5, 0.6) is 5.75 Å². The van der Waals surface area contributed by atoms with Gasteiger partial charge >= 0.3 is 0 Å². The first-order valence-corrected chi connectivity index (χ1v) is 11.4. The molecule has 3 nitrogen and oxygen atoms in total. The number of rotatable bonds is 5. The first kappa shape index (κ1) is 21.9. The number of amides is 1. The lowest BCUT2D eigenvalue weighted by Crippen LogP contribution is -2.28. The average molecular weight is 486 g/mol. The first-order valence-electron chi connectivity index (χ1n) is 9.43. The van der Waals surface area contributed by atoms with E-state index in [0.717, 1.165) is 22.4 Å². The maximum Gasteiger partial charge on any atom is 0.270 e. The van der Waals surface area contributed by atoms with E-state index in [4.69, 9.17) is 40.2 Å². The van der Waals surface area contributed by atoms with Crippen molar-refractivity contribution in [2.24, 2.45) is 0 Å². The van der Waals surface area contributed by atoms with Crippen molar-refractivity contribution in [3.63, 3.8) is 0 Å². The highest BCUT2D eigenvalue weighted by molar-refractivity contribution is 8.27. The van der Waals surface area contributed by atoms with Crippen LogP contribution in [-0.4, -0.2) is 10.2 Å². The van der Waals surface area contributed by atoms with E-state index >= 15 is 0 Å². The van der Waals surface area contributed by atoms with Gasteiger partial charge in [0.25, 0.3) is 5.91 Å². The van der Waals surface area contributed by atoms with E-state index in [1.54, 1.807) is 17.0 Å². The SMILES string of the molecule is Cc1ccccc1N1C(=O)/C(=C/c2ccc(OCc3ccc(Cl)cc3Cl)cc2)SC1=S. The van der Waals surface area contributed by atoms with Gasteiger partial charge in [-0.15, -0.1) is 0 Å². The second-order valence-electron chi connectivity index (χ2n) is 6.90. The number of ether oxygens (including phenoxy) is 1. The quantitative estimate of drug-likeness (QED) is 0.280. The number of para-hydroxylation sites is 1. The van der Waals surface area contributed by atoms with Crippen LogP contribution in [0.1, 0.15) is 16.7 Å². The molecule has 0 atom stereocenters. The summed E-state index contributed by atoms with van der Waals surface area (Å²) < 4.78 is 6.35. The fraction of sp³-hybridized carbons (Fsp3) is 0.0833. The van der Waals surface area contributed by atoms with E-state index < -0.39 is 0 Å². The topological polar surface area (TPSA) is 29.5 Å². The molecule has 0 radical (unpaired) electrons. The smallest absolute Gasteiger partial charge is 0.270 e. The minimum atomic E-state index is -0.109. The molecule has 0 saturated carbocycles. The molecule has 1 fully saturated rings. The third-order valence-electron chi connectivity index (χ3n) is 4.74. The van der Waals surface area contributed by atoms with Gasteiger partial charge in [0.2, 0.25) is 0 Å². The first-order chi connectivity index (χ1) is 14.9. The van der Waals surface area contributed by atoms with Crippen molar-refractivity contribution in [2.45, 2.75) is 13.5 Å². The maximum atomic E-state index is 13.0. The Balaban J connectivity index is 1.46. The largest absolute Gasteiger partial charge is 0.489 e. The molecular weight excluding hydrogens is 469 g/mol. The van der Waals surface area contributed by atoms with Gasteiger partial charge in [0.05, 0.1) is 10.6 Å². The van der Waals surface area contributed by atoms with Crippen molar-refractivity contribution in [1.82, 2.24) is 0 Å². The minimum Gasteiger partial charge on any atom is -0.489 e. The molecule has 1 aliphatic heterocycles. The Morgan fingerprint density at radius 3 is 2.52 bits per heavy atom. The van der Waals surface area contributed by atoms with Crippen LogP contribution in [0.3, 0.4) is 0 Å². The Hall–Kier alpha value is -2.31. The Morgan fingerprint density at radius 2 is 1.81 bits per heavy atom. The molecule has 0 spiro atoms. The summed E-state index contributed by atoms with van der Waals surface area (Å²) >= 11 is 18.9. The average Bonchev–Trinajstić information content (AvgIpc) is 3.02. The molecule has 0 aromatic heterocycles. The van der Waals surface area contributed by atoms with Gasteiger partial charge in [-0.2, -0.15) is 0 Å². The number of halogens is 2.